The summed E-state index contributed by atoms with van der Waals surface area (Å²) in [7, 11) is 0. The van der Waals surface area contributed by atoms with Crippen LogP contribution >= 0.6 is 0 Å². The molecule has 0 saturated carbocycles. The number of ether oxygens (including phenoxy) is 1. The number of hydrogen-bond donors (Lipinski definition) is 1. The molecule has 0 unspecified atom stereocenters. The average molecular weight is 400 g/mol. The molecule has 3 heterocycles. The lowest BCUT2D eigenvalue weighted by molar-refractivity contribution is 0.122. The van der Waals surface area contributed by atoms with Gasteiger partial charge < -0.3 is 20.3 Å². The van der Waals surface area contributed by atoms with Crippen molar-refractivity contribution in [3.63, 3.8) is 0 Å². The summed E-state index contributed by atoms with van der Waals surface area (Å²) in [5.41, 5.74) is 8.43. The van der Waals surface area contributed by atoms with Crippen LogP contribution in [0.2, 0.25) is 0 Å². The molecule has 29 heavy (non-hydrogen) atoms. The van der Waals surface area contributed by atoms with Crippen LogP contribution in [-0.4, -0.2) is 55.9 Å². The first-order valence-electron chi connectivity index (χ1n) is 11.0. The minimum absolute atomic E-state index is 0.750. The molecule has 1 aromatic carbocycles. The molecule has 2 aliphatic heterocycles. The Morgan fingerprint density at radius 1 is 1.00 bits per heavy atom. The van der Waals surface area contributed by atoms with Crippen LogP contribution in [0.15, 0.2) is 30.3 Å². The molecule has 2 aliphatic rings. The molecular formula is C23H37N5O. The Hall–Kier alpha value is -2.18. The van der Waals surface area contributed by atoms with Crippen molar-refractivity contribution in [2.45, 2.75) is 40.5 Å². The Morgan fingerprint density at radius 3 is 2.28 bits per heavy atom. The van der Waals surface area contributed by atoms with Gasteiger partial charge in [-0.1, -0.05) is 58.0 Å². The van der Waals surface area contributed by atoms with Crippen LogP contribution in [0.1, 0.15) is 39.7 Å². The highest BCUT2D eigenvalue weighted by molar-refractivity contribution is 5.73. The second-order valence-electron chi connectivity index (χ2n) is 6.79. The standard InChI is InChI=1S/C19H24N4O.C2H7N.C2H6/c1-2-9-22-10-8-16-17(15-6-4-3-5-7-15)20-19(21-18(16)22)23-11-13-24-14-12-23;1-2-3;1-2/h3-7H,2,8-14H2,1H3;2-3H2,1H3;1-2H3. The van der Waals surface area contributed by atoms with E-state index < -0.39 is 0 Å². The summed E-state index contributed by atoms with van der Waals surface area (Å²) in [5, 5.41) is 0. The molecule has 2 N–H and O–H groups in total. The van der Waals surface area contributed by atoms with E-state index in [2.05, 4.69) is 47.1 Å². The smallest absolute Gasteiger partial charge is 0.228 e. The number of morpholine rings is 1. The normalized spacial score (nSPS) is 15.1. The van der Waals surface area contributed by atoms with Crippen LogP contribution in [0.3, 0.4) is 0 Å². The molecule has 0 bridgehead atoms. The van der Waals surface area contributed by atoms with Gasteiger partial charge in [0.1, 0.15) is 5.82 Å². The van der Waals surface area contributed by atoms with Crippen LogP contribution in [-0.2, 0) is 11.2 Å². The Bertz CT molecular complexity index is 717. The summed E-state index contributed by atoms with van der Waals surface area (Å²) in [6.07, 6.45) is 2.17. The lowest BCUT2D eigenvalue weighted by Gasteiger charge is -2.28. The summed E-state index contributed by atoms with van der Waals surface area (Å²) in [6, 6.07) is 10.5. The van der Waals surface area contributed by atoms with E-state index in [1.165, 1.54) is 11.1 Å². The third-order valence-corrected chi connectivity index (χ3v) is 4.74. The van der Waals surface area contributed by atoms with Crippen molar-refractivity contribution >= 4 is 11.8 Å². The molecule has 160 valence electrons. The summed E-state index contributed by atoms with van der Waals surface area (Å²) in [6.45, 7) is 14.2. The van der Waals surface area contributed by atoms with Gasteiger partial charge in [-0.05, 0) is 19.4 Å². The van der Waals surface area contributed by atoms with E-state index in [0.717, 1.165) is 76.2 Å². The number of benzene rings is 1. The highest BCUT2D eigenvalue weighted by Crippen LogP contribution is 2.35. The first-order chi connectivity index (χ1) is 14.3. The molecule has 0 aliphatic carbocycles. The Balaban J connectivity index is 0.000000551. The third-order valence-electron chi connectivity index (χ3n) is 4.74. The van der Waals surface area contributed by atoms with Gasteiger partial charge in [0.05, 0.1) is 18.9 Å². The fourth-order valence-electron chi connectivity index (χ4n) is 3.53. The van der Waals surface area contributed by atoms with Gasteiger partial charge in [0.2, 0.25) is 5.95 Å². The molecule has 1 aromatic heterocycles. The maximum Gasteiger partial charge on any atom is 0.228 e. The topological polar surface area (TPSA) is 67.5 Å². The zero-order valence-corrected chi connectivity index (χ0v) is 18.5. The van der Waals surface area contributed by atoms with Crippen molar-refractivity contribution in [1.82, 2.24) is 9.97 Å². The maximum absolute atomic E-state index is 5.48. The van der Waals surface area contributed by atoms with Gasteiger partial charge >= 0.3 is 0 Å². The van der Waals surface area contributed by atoms with E-state index in [1.807, 2.05) is 20.8 Å². The van der Waals surface area contributed by atoms with E-state index in [-0.39, 0.29) is 0 Å². The lowest BCUT2D eigenvalue weighted by Crippen LogP contribution is -2.37. The molecule has 1 fully saturated rings. The second kappa shape index (κ2) is 12.4. The van der Waals surface area contributed by atoms with Gasteiger partial charge in [-0.25, -0.2) is 4.98 Å². The first kappa shape index (κ1) is 23.1. The Kier molecular flexibility index (Phi) is 9.88. The van der Waals surface area contributed by atoms with Gasteiger partial charge in [-0.3, -0.25) is 0 Å². The molecule has 0 radical (unpaired) electrons. The van der Waals surface area contributed by atoms with Crippen molar-refractivity contribution in [1.29, 1.82) is 0 Å². The van der Waals surface area contributed by atoms with Gasteiger partial charge in [-0.2, -0.15) is 4.98 Å². The summed E-state index contributed by atoms with van der Waals surface area (Å²) < 4.78 is 5.48. The molecule has 0 atom stereocenters. The van der Waals surface area contributed by atoms with Crippen molar-refractivity contribution in [2.24, 2.45) is 5.73 Å². The Labute approximate surface area is 176 Å². The second-order valence-corrected chi connectivity index (χ2v) is 6.79. The number of rotatable bonds is 4. The molecule has 0 spiro atoms. The van der Waals surface area contributed by atoms with Crippen LogP contribution < -0.4 is 15.5 Å². The van der Waals surface area contributed by atoms with E-state index in [0.29, 0.717) is 0 Å². The summed E-state index contributed by atoms with van der Waals surface area (Å²) >= 11 is 0. The fourth-order valence-corrected chi connectivity index (χ4v) is 3.53. The molecule has 6 nitrogen and oxygen atoms in total. The van der Waals surface area contributed by atoms with E-state index in [1.54, 1.807) is 0 Å². The quantitative estimate of drug-likeness (QED) is 0.845. The van der Waals surface area contributed by atoms with Crippen molar-refractivity contribution in [3.8, 4) is 11.3 Å². The number of nitrogens with zero attached hydrogens (tertiary/aromatic N) is 4. The monoisotopic (exact) mass is 399 g/mol. The number of hydrogen-bond acceptors (Lipinski definition) is 6. The number of fused-ring (bicyclic) bond motifs is 1. The number of anilines is 2. The average Bonchev–Trinajstić information content (AvgIpc) is 3.19. The molecule has 6 heteroatoms. The highest BCUT2D eigenvalue weighted by atomic mass is 16.5. The van der Waals surface area contributed by atoms with E-state index in [9.17, 15) is 0 Å². The van der Waals surface area contributed by atoms with Crippen LogP contribution in [0.5, 0.6) is 0 Å². The lowest BCUT2D eigenvalue weighted by atomic mass is 10.1. The van der Waals surface area contributed by atoms with Crippen LogP contribution in [0, 0.1) is 0 Å². The van der Waals surface area contributed by atoms with Gasteiger partial charge in [0.15, 0.2) is 0 Å². The first-order valence-corrected chi connectivity index (χ1v) is 11.0. The van der Waals surface area contributed by atoms with Crippen LogP contribution in [0.25, 0.3) is 11.3 Å². The summed E-state index contributed by atoms with van der Waals surface area (Å²) in [5.74, 6) is 1.98. The van der Waals surface area contributed by atoms with Gasteiger partial charge in [0, 0.05) is 37.3 Å². The molecule has 4 rings (SSSR count). The van der Waals surface area contributed by atoms with Gasteiger partial charge in [0.25, 0.3) is 0 Å². The van der Waals surface area contributed by atoms with Crippen molar-refractivity contribution in [3.05, 3.63) is 35.9 Å². The number of nitrogens with two attached hydrogens (primary N) is 1. The predicted molar refractivity (Wildman–Crippen MR) is 123 cm³/mol. The predicted octanol–water partition coefficient (Wildman–Crippen LogP) is 3.74. The summed E-state index contributed by atoms with van der Waals surface area (Å²) in [4.78, 5) is 14.6. The molecular weight excluding hydrogens is 362 g/mol. The minimum atomic E-state index is 0.750. The zero-order chi connectivity index (χ0) is 21.1. The number of aromatic nitrogens is 2. The maximum atomic E-state index is 5.48. The van der Waals surface area contributed by atoms with E-state index in [4.69, 9.17) is 20.4 Å². The highest BCUT2D eigenvalue weighted by Gasteiger charge is 2.27. The zero-order valence-electron chi connectivity index (χ0n) is 18.5. The van der Waals surface area contributed by atoms with Crippen LogP contribution in [0.4, 0.5) is 11.8 Å². The van der Waals surface area contributed by atoms with Crippen molar-refractivity contribution in [2.75, 3.05) is 55.7 Å². The van der Waals surface area contributed by atoms with Crippen molar-refractivity contribution < 1.29 is 4.74 Å². The third kappa shape index (κ3) is 5.90. The van der Waals surface area contributed by atoms with Gasteiger partial charge in [-0.15, -0.1) is 0 Å². The SMILES string of the molecule is CC.CCCN1CCc2c(-c3ccccc3)nc(N3CCOCC3)nc21.CCN. The fraction of sp³-hybridized carbons (Fsp3) is 0.565. The molecule has 0 amide bonds. The largest absolute Gasteiger partial charge is 0.378 e. The Morgan fingerprint density at radius 2 is 1.66 bits per heavy atom. The minimum Gasteiger partial charge on any atom is -0.378 e. The van der Waals surface area contributed by atoms with E-state index >= 15 is 0 Å². The molecule has 2 aromatic rings. The molecule has 1 saturated heterocycles.